The van der Waals surface area contributed by atoms with E-state index in [2.05, 4.69) is 55.3 Å². The molecular weight excluding hydrogens is 208 g/mol. The fourth-order valence-electron chi connectivity index (χ4n) is 2.41. The Morgan fingerprint density at radius 1 is 1.41 bits per heavy atom. The molecule has 0 saturated carbocycles. The van der Waals surface area contributed by atoms with Crippen LogP contribution >= 0.6 is 0 Å². The second kappa shape index (κ2) is 5.54. The molecule has 1 N–H and O–H groups in total. The number of piperazine rings is 1. The van der Waals surface area contributed by atoms with E-state index in [-0.39, 0.29) is 0 Å². The maximum Gasteiger partial charge on any atom is 0.0370 e. The lowest BCUT2D eigenvalue weighted by atomic mass is 10.0. The number of nitrogens with one attached hydrogen (secondary N) is 1. The first-order chi connectivity index (χ1) is 8.20. The Balaban J connectivity index is 2.13. The molecule has 1 aromatic rings. The van der Waals surface area contributed by atoms with Gasteiger partial charge in [-0.25, -0.2) is 0 Å². The first-order valence-corrected chi connectivity index (χ1v) is 6.79. The lowest BCUT2D eigenvalue weighted by Gasteiger charge is -2.35. The van der Waals surface area contributed by atoms with Crippen LogP contribution in [0.1, 0.15) is 38.7 Å². The highest BCUT2D eigenvalue weighted by Gasteiger charge is 2.18. The SMILES string of the molecule is CCC1CN(c2cccc(C(C)C)c2)CCN1. The zero-order valence-corrected chi connectivity index (χ0v) is 11.2. The summed E-state index contributed by atoms with van der Waals surface area (Å²) in [4.78, 5) is 2.51. The summed E-state index contributed by atoms with van der Waals surface area (Å²) < 4.78 is 0. The molecule has 1 aromatic carbocycles. The molecule has 0 aromatic heterocycles. The maximum absolute atomic E-state index is 3.56. The zero-order chi connectivity index (χ0) is 12.3. The predicted molar refractivity (Wildman–Crippen MR) is 74.8 cm³/mol. The van der Waals surface area contributed by atoms with Crippen LogP contribution in [0.15, 0.2) is 24.3 Å². The standard InChI is InChI=1S/C15H24N2/c1-4-14-11-17(9-8-16-14)15-7-5-6-13(10-15)12(2)3/h5-7,10,12,14,16H,4,8-9,11H2,1-3H3. The fourth-order valence-corrected chi connectivity index (χ4v) is 2.41. The van der Waals surface area contributed by atoms with Crippen molar-refractivity contribution in [2.75, 3.05) is 24.5 Å². The molecule has 0 amide bonds. The van der Waals surface area contributed by atoms with Gasteiger partial charge in [0.05, 0.1) is 0 Å². The van der Waals surface area contributed by atoms with Crippen LogP contribution in [0.3, 0.4) is 0 Å². The smallest absolute Gasteiger partial charge is 0.0370 e. The van der Waals surface area contributed by atoms with Crippen LogP contribution in [-0.2, 0) is 0 Å². The fraction of sp³-hybridized carbons (Fsp3) is 0.600. The molecule has 0 spiro atoms. The zero-order valence-electron chi connectivity index (χ0n) is 11.2. The van der Waals surface area contributed by atoms with Crippen molar-refractivity contribution in [1.82, 2.24) is 5.32 Å². The van der Waals surface area contributed by atoms with Gasteiger partial charge in [-0.3, -0.25) is 0 Å². The minimum atomic E-state index is 0.611. The summed E-state index contributed by atoms with van der Waals surface area (Å²) in [5, 5.41) is 3.56. The Kier molecular flexibility index (Phi) is 4.06. The van der Waals surface area contributed by atoms with Gasteiger partial charge in [0.25, 0.3) is 0 Å². The van der Waals surface area contributed by atoms with Gasteiger partial charge in [0.2, 0.25) is 0 Å². The summed E-state index contributed by atoms with van der Waals surface area (Å²) in [5.74, 6) is 0.611. The molecule has 2 nitrogen and oxygen atoms in total. The highest BCUT2D eigenvalue weighted by molar-refractivity contribution is 5.49. The summed E-state index contributed by atoms with van der Waals surface area (Å²) in [6, 6.07) is 9.65. The van der Waals surface area contributed by atoms with Crippen molar-refractivity contribution in [3.05, 3.63) is 29.8 Å². The average molecular weight is 232 g/mol. The van der Waals surface area contributed by atoms with Crippen molar-refractivity contribution in [1.29, 1.82) is 0 Å². The van der Waals surface area contributed by atoms with Crippen LogP contribution in [0.2, 0.25) is 0 Å². The van der Waals surface area contributed by atoms with Gasteiger partial charge in [-0.05, 0) is 30.0 Å². The Morgan fingerprint density at radius 3 is 2.94 bits per heavy atom. The molecule has 1 unspecified atom stereocenters. The number of hydrogen-bond acceptors (Lipinski definition) is 2. The second-order valence-corrected chi connectivity index (χ2v) is 5.25. The Labute approximate surface area is 105 Å². The van der Waals surface area contributed by atoms with Crippen molar-refractivity contribution < 1.29 is 0 Å². The Bertz CT molecular complexity index is 360. The minimum Gasteiger partial charge on any atom is -0.369 e. The first kappa shape index (κ1) is 12.4. The average Bonchev–Trinajstić information content (AvgIpc) is 2.39. The molecule has 0 aliphatic carbocycles. The largest absolute Gasteiger partial charge is 0.369 e. The summed E-state index contributed by atoms with van der Waals surface area (Å²) in [6.45, 7) is 10.1. The molecule has 1 saturated heterocycles. The van der Waals surface area contributed by atoms with E-state index in [0.29, 0.717) is 12.0 Å². The lowest BCUT2D eigenvalue weighted by Crippen LogP contribution is -2.50. The van der Waals surface area contributed by atoms with E-state index in [1.807, 2.05) is 0 Å². The van der Waals surface area contributed by atoms with E-state index in [9.17, 15) is 0 Å². The molecule has 17 heavy (non-hydrogen) atoms. The van der Waals surface area contributed by atoms with E-state index in [0.717, 1.165) is 19.6 Å². The maximum atomic E-state index is 3.56. The monoisotopic (exact) mass is 232 g/mol. The van der Waals surface area contributed by atoms with Gasteiger partial charge in [0, 0.05) is 31.4 Å². The van der Waals surface area contributed by atoms with Gasteiger partial charge in [0.15, 0.2) is 0 Å². The van der Waals surface area contributed by atoms with E-state index < -0.39 is 0 Å². The van der Waals surface area contributed by atoms with E-state index in [4.69, 9.17) is 0 Å². The topological polar surface area (TPSA) is 15.3 Å². The van der Waals surface area contributed by atoms with E-state index in [1.165, 1.54) is 17.7 Å². The molecule has 94 valence electrons. The molecule has 1 heterocycles. The highest BCUT2D eigenvalue weighted by atomic mass is 15.2. The summed E-state index contributed by atoms with van der Waals surface area (Å²) in [7, 11) is 0. The van der Waals surface area contributed by atoms with Gasteiger partial charge in [-0.2, -0.15) is 0 Å². The van der Waals surface area contributed by atoms with Crippen molar-refractivity contribution in [3.8, 4) is 0 Å². The van der Waals surface area contributed by atoms with Gasteiger partial charge < -0.3 is 10.2 Å². The van der Waals surface area contributed by atoms with Crippen molar-refractivity contribution in [2.45, 2.75) is 39.2 Å². The molecule has 1 aliphatic heterocycles. The van der Waals surface area contributed by atoms with Crippen LogP contribution in [0.4, 0.5) is 5.69 Å². The summed E-state index contributed by atoms with van der Waals surface area (Å²) in [5.41, 5.74) is 2.82. The summed E-state index contributed by atoms with van der Waals surface area (Å²) in [6.07, 6.45) is 1.21. The Morgan fingerprint density at radius 2 is 2.24 bits per heavy atom. The summed E-state index contributed by atoms with van der Waals surface area (Å²) >= 11 is 0. The van der Waals surface area contributed by atoms with E-state index >= 15 is 0 Å². The minimum absolute atomic E-state index is 0.611. The van der Waals surface area contributed by atoms with Gasteiger partial charge >= 0.3 is 0 Å². The third-order valence-electron chi connectivity index (χ3n) is 3.65. The third-order valence-corrected chi connectivity index (χ3v) is 3.65. The van der Waals surface area contributed by atoms with Crippen LogP contribution in [0.25, 0.3) is 0 Å². The van der Waals surface area contributed by atoms with Gasteiger partial charge in [-0.15, -0.1) is 0 Å². The number of nitrogens with zero attached hydrogens (tertiary/aromatic N) is 1. The van der Waals surface area contributed by atoms with Crippen molar-refractivity contribution >= 4 is 5.69 Å². The van der Waals surface area contributed by atoms with Crippen LogP contribution in [0, 0.1) is 0 Å². The van der Waals surface area contributed by atoms with Crippen molar-refractivity contribution in [3.63, 3.8) is 0 Å². The second-order valence-electron chi connectivity index (χ2n) is 5.25. The molecule has 2 rings (SSSR count). The normalized spacial score (nSPS) is 20.9. The molecule has 1 atom stereocenters. The third kappa shape index (κ3) is 3.01. The van der Waals surface area contributed by atoms with Crippen LogP contribution < -0.4 is 10.2 Å². The number of rotatable bonds is 3. The molecule has 0 bridgehead atoms. The van der Waals surface area contributed by atoms with Crippen LogP contribution in [-0.4, -0.2) is 25.7 Å². The molecule has 2 heteroatoms. The lowest BCUT2D eigenvalue weighted by molar-refractivity contribution is 0.447. The first-order valence-electron chi connectivity index (χ1n) is 6.79. The quantitative estimate of drug-likeness (QED) is 0.862. The van der Waals surface area contributed by atoms with Crippen molar-refractivity contribution in [2.24, 2.45) is 0 Å². The molecule has 1 fully saturated rings. The molecule has 1 aliphatic rings. The van der Waals surface area contributed by atoms with Gasteiger partial charge in [-0.1, -0.05) is 32.9 Å². The highest BCUT2D eigenvalue weighted by Crippen LogP contribution is 2.22. The number of benzene rings is 1. The predicted octanol–water partition coefficient (Wildman–Crippen LogP) is 3.00. The number of hydrogen-bond donors (Lipinski definition) is 1. The van der Waals surface area contributed by atoms with Gasteiger partial charge in [0.1, 0.15) is 0 Å². The molecular formula is C15H24N2. The number of anilines is 1. The molecule has 0 radical (unpaired) electrons. The van der Waals surface area contributed by atoms with Crippen LogP contribution in [0.5, 0.6) is 0 Å². The Hall–Kier alpha value is -1.02. The van der Waals surface area contributed by atoms with E-state index in [1.54, 1.807) is 0 Å².